The second-order valence-electron chi connectivity index (χ2n) is 15.0. The fraction of sp³-hybridized carbons (Fsp3) is 0.595. The number of hydrogen-bond acceptors (Lipinski definition) is 11. The molecule has 2 unspecified atom stereocenters. The summed E-state index contributed by atoms with van der Waals surface area (Å²) in [6.45, 7) is 11.4. The summed E-state index contributed by atoms with van der Waals surface area (Å²) in [7, 11) is 3.17. The Balaban J connectivity index is 1.20. The van der Waals surface area contributed by atoms with Crippen molar-refractivity contribution in [2.24, 2.45) is 5.41 Å². The molecule has 2 atom stereocenters. The Morgan fingerprint density at radius 1 is 1.02 bits per heavy atom. The van der Waals surface area contributed by atoms with Gasteiger partial charge in [-0.25, -0.2) is 9.18 Å². The number of ether oxygens (including phenoxy) is 6. The van der Waals surface area contributed by atoms with Gasteiger partial charge in [-0.1, -0.05) is 0 Å². The van der Waals surface area contributed by atoms with E-state index in [1.54, 1.807) is 26.4 Å². The average molecular weight is 773 g/mol. The molecule has 3 aliphatic heterocycles. The molecule has 3 saturated heterocycles. The number of amides is 1. The van der Waals surface area contributed by atoms with E-state index in [1.165, 1.54) is 0 Å². The first-order chi connectivity index (χ1) is 24.5. The quantitative estimate of drug-likeness (QED) is 0.222. The third-order valence-electron chi connectivity index (χ3n) is 10.2. The second kappa shape index (κ2) is 14.4. The van der Waals surface area contributed by atoms with Gasteiger partial charge in [0.15, 0.2) is 5.82 Å². The van der Waals surface area contributed by atoms with E-state index in [-0.39, 0.29) is 46.2 Å². The van der Waals surface area contributed by atoms with E-state index in [1.807, 2.05) is 37.8 Å². The normalized spacial score (nSPS) is 21.5. The molecule has 7 rings (SSSR count). The van der Waals surface area contributed by atoms with Crippen LogP contribution in [0.15, 0.2) is 28.7 Å². The Morgan fingerprint density at radius 2 is 1.75 bits per heavy atom. The largest absolute Gasteiger partial charge is 0.497 e. The summed E-state index contributed by atoms with van der Waals surface area (Å²) < 4.78 is 51.3. The number of nitrogens with zero attached hydrogens (tertiary/aromatic N) is 5. The lowest BCUT2D eigenvalue weighted by atomic mass is 10.1. The number of fused-ring (bicyclic) bond motifs is 3. The van der Waals surface area contributed by atoms with Gasteiger partial charge in [-0.15, -0.1) is 0 Å². The van der Waals surface area contributed by atoms with E-state index in [4.69, 9.17) is 33.4 Å². The van der Waals surface area contributed by atoms with Crippen molar-refractivity contribution in [3.05, 3.63) is 40.1 Å². The Kier molecular flexibility index (Phi) is 10.1. The van der Waals surface area contributed by atoms with Crippen molar-refractivity contribution < 1.29 is 37.6 Å². The fourth-order valence-electron chi connectivity index (χ4n) is 7.35. The van der Waals surface area contributed by atoms with Crippen molar-refractivity contribution in [2.75, 3.05) is 71.7 Å². The third kappa shape index (κ3) is 7.78. The number of carbonyl (C=O) groups excluding carboxylic acids is 1. The molecule has 3 aromatic rings. The molecule has 4 aliphatic rings. The molecule has 4 heterocycles. The molecule has 51 heavy (non-hydrogen) atoms. The van der Waals surface area contributed by atoms with Crippen molar-refractivity contribution in [1.29, 1.82) is 0 Å². The molecule has 0 spiro atoms. The second-order valence-corrected chi connectivity index (χ2v) is 15.8. The van der Waals surface area contributed by atoms with Crippen LogP contribution in [0.4, 0.5) is 15.0 Å². The van der Waals surface area contributed by atoms with Gasteiger partial charge in [0.2, 0.25) is 0 Å². The minimum absolute atomic E-state index is 0.0211. The van der Waals surface area contributed by atoms with Gasteiger partial charge >= 0.3 is 12.1 Å². The highest BCUT2D eigenvalue weighted by Crippen LogP contribution is 2.47. The van der Waals surface area contributed by atoms with Crippen molar-refractivity contribution in [2.45, 2.75) is 70.7 Å². The zero-order valence-corrected chi connectivity index (χ0v) is 31.6. The van der Waals surface area contributed by atoms with Crippen molar-refractivity contribution in [3.8, 4) is 23.3 Å². The van der Waals surface area contributed by atoms with Gasteiger partial charge in [0, 0.05) is 55.2 Å². The number of halogens is 2. The first-order valence-corrected chi connectivity index (χ1v) is 18.5. The van der Waals surface area contributed by atoms with Gasteiger partial charge in [-0.2, -0.15) is 9.97 Å². The number of methoxy groups -OCH3 is 2. The molecule has 1 aromatic heterocycles. The molecular formula is C37H47BrFN5O7. The molecule has 1 aliphatic carbocycles. The van der Waals surface area contributed by atoms with Crippen molar-refractivity contribution in [1.82, 2.24) is 19.8 Å². The fourth-order valence-corrected chi connectivity index (χ4v) is 7.76. The van der Waals surface area contributed by atoms with Crippen LogP contribution < -0.4 is 23.8 Å². The van der Waals surface area contributed by atoms with Crippen LogP contribution in [0.1, 0.15) is 52.0 Å². The van der Waals surface area contributed by atoms with Crippen LogP contribution in [-0.2, 0) is 16.1 Å². The number of hydrogen-bond donors (Lipinski definition) is 0. The van der Waals surface area contributed by atoms with Crippen LogP contribution in [-0.4, -0.2) is 110 Å². The highest BCUT2D eigenvalue weighted by Gasteiger charge is 2.46. The number of anilines is 1. The lowest BCUT2D eigenvalue weighted by Gasteiger charge is -2.42. The molecule has 0 radical (unpaired) electrons. The summed E-state index contributed by atoms with van der Waals surface area (Å²) in [5, 5.41) is 0.499. The predicted octanol–water partition coefficient (Wildman–Crippen LogP) is 6.21. The highest BCUT2D eigenvalue weighted by molar-refractivity contribution is 9.10. The number of rotatable bonds is 11. The van der Waals surface area contributed by atoms with E-state index in [0.717, 1.165) is 64.1 Å². The summed E-state index contributed by atoms with van der Waals surface area (Å²) in [5.74, 6) is 1.53. The topological polar surface area (TPSA) is 108 Å². The maximum atomic E-state index is 16.4. The van der Waals surface area contributed by atoms with Crippen molar-refractivity contribution in [3.63, 3.8) is 0 Å². The summed E-state index contributed by atoms with van der Waals surface area (Å²) in [6, 6.07) is 7.22. The third-order valence-corrected chi connectivity index (χ3v) is 10.9. The first-order valence-electron chi connectivity index (χ1n) is 17.7. The minimum atomic E-state index is -0.597. The van der Waals surface area contributed by atoms with Crippen LogP contribution in [0.2, 0.25) is 0 Å². The molecule has 2 aromatic carbocycles. The summed E-state index contributed by atoms with van der Waals surface area (Å²) in [6.07, 6.45) is 3.49. The van der Waals surface area contributed by atoms with Gasteiger partial charge in [0.1, 0.15) is 40.8 Å². The van der Waals surface area contributed by atoms with Gasteiger partial charge in [-0.3, -0.25) is 9.80 Å². The molecule has 12 nitrogen and oxygen atoms in total. The van der Waals surface area contributed by atoms with E-state index in [9.17, 15) is 4.79 Å². The maximum absolute atomic E-state index is 16.4. The van der Waals surface area contributed by atoms with E-state index in [0.29, 0.717) is 48.1 Å². The van der Waals surface area contributed by atoms with E-state index >= 15 is 4.39 Å². The highest BCUT2D eigenvalue weighted by atomic mass is 79.9. The van der Waals surface area contributed by atoms with Gasteiger partial charge < -0.3 is 33.3 Å². The number of carbonyl (C=O) groups is 1. The Morgan fingerprint density at radius 3 is 2.39 bits per heavy atom. The zero-order chi connectivity index (χ0) is 35.9. The van der Waals surface area contributed by atoms with Crippen LogP contribution in [0.3, 0.4) is 0 Å². The lowest BCUT2D eigenvalue weighted by molar-refractivity contribution is 0.0122. The maximum Gasteiger partial charge on any atom is 0.410 e. The molecular weight excluding hydrogens is 725 g/mol. The predicted molar refractivity (Wildman–Crippen MR) is 193 cm³/mol. The number of morpholine rings is 1. The summed E-state index contributed by atoms with van der Waals surface area (Å²) in [5.41, 5.74) is 0.330. The molecule has 2 bridgehead atoms. The molecule has 14 heteroatoms. The smallest absolute Gasteiger partial charge is 0.410 e. The van der Waals surface area contributed by atoms with Gasteiger partial charge in [0.25, 0.3) is 0 Å². The zero-order valence-electron chi connectivity index (χ0n) is 30.0. The Bertz CT molecular complexity index is 1750. The minimum Gasteiger partial charge on any atom is -0.497 e. The monoisotopic (exact) mass is 771 g/mol. The summed E-state index contributed by atoms with van der Waals surface area (Å²) >= 11 is 3.45. The molecule has 1 amide bonds. The van der Waals surface area contributed by atoms with Crippen molar-refractivity contribution >= 4 is 38.7 Å². The Hall–Kier alpha value is -3.62. The number of benzene rings is 2. The van der Waals surface area contributed by atoms with Gasteiger partial charge in [0.05, 0.1) is 50.6 Å². The van der Waals surface area contributed by atoms with E-state index in [2.05, 4.69) is 30.7 Å². The number of aromatic nitrogens is 2. The summed E-state index contributed by atoms with van der Waals surface area (Å²) in [4.78, 5) is 29.3. The molecule has 1 saturated carbocycles. The molecule has 4 fully saturated rings. The van der Waals surface area contributed by atoms with Crippen LogP contribution in [0, 0.1) is 11.2 Å². The SMILES string of the molecule is COc1ccc(COc2cc3c(N4CC5CCC(C4)N5C(=O)OC(C)(C)C)nc(OCC4(CN5CCOCC5)CC4)nc3c(F)c2Br)c(OC)c1. The molecule has 276 valence electrons. The van der Waals surface area contributed by atoms with Crippen LogP contribution in [0.25, 0.3) is 10.9 Å². The van der Waals surface area contributed by atoms with Crippen LogP contribution >= 0.6 is 15.9 Å². The van der Waals surface area contributed by atoms with E-state index < -0.39 is 11.4 Å². The number of piperazine rings is 1. The first kappa shape index (κ1) is 35.8. The standard InChI is InChI=1S/C37H47BrFN5O7/c1-36(2,3)51-35(45)44-24-7-8-25(44)19-43(18-24)33-27-17-29(49-20-23-6-9-26(46-4)16-28(23)47-5)30(38)31(39)32(27)40-34(41-33)50-22-37(10-11-37)21-42-12-14-48-15-13-42/h6,9,16-17,24-25H,7-8,10-15,18-22H2,1-5H3. The lowest BCUT2D eigenvalue weighted by Crippen LogP contribution is -2.57. The van der Waals surface area contributed by atoms with Gasteiger partial charge in [-0.05, 0) is 80.6 Å². The average Bonchev–Trinajstić information content (AvgIpc) is 3.82. The van der Waals surface area contributed by atoms with Crippen LogP contribution in [0.5, 0.6) is 23.3 Å². The Labute approximate surface area is 306 Å². The molecule has 0 N–H and O–H groups in total.